The van der Waals surface area contributed by atoms with Crippen LogP contribution in [-0.4, -0.2) is 37.1 Å². The Balaban J connectivity index is 1.92. The van der Waals surface area contributed by atoms with Gasteiger partial charge >= 0.3 is 0 Å². The van der Waals surface area contributed by atoms with Crippen LogP contribution in [0, 0.1) is 12.3 Å². The van der Waals surface area contributed by atoms with Crippen molar-refractivity contribution in [3.8, 4) is 12.3 Å². The van der Waals surface area contributed by atoms with E-state index in [9.17, 15) is 4.79 Å². The lowest BCUT2D eigenvalue weighted by Crippen LogP contribution is -2.35. The summed E-state index contributed by atoms with van der Waals surface area (Å²) >= 11 is 0. The van der Waals surface area contributed by atoms with Crippen LogP contribution in [0.15, 0.2) is 10.6 Å². The summed E-state index contributed by atoms with van der Waals surface area (Å²) in [4.78, 5) is 17.8. The first-order chi connectivity index (χ1) is 8.81. The Morgan fingerprint density at radius 2 is 2.28 bits per heavy atom. The predicted octanol–water partition coefficient (Wildman–Crippen LogP) is 1.50. The third-order valence-corrected chi connectivity index (χ3v) is 2.78. The molecule has 0 bridgehead atoms. The molecule has 0 spiro atoms. The van der Waals surface area contributed by atoms with Gasteiger partial charge in [-0.2, -0.15) is 0 Å². The second kappa shape index (κ2) is 6.22. The molecule has 18 heavy (non-hydrogen) atoms. The third-order valence-electron chi connectivity index (χ3n) is 2.78. The van der Waals surface area contributed by atoms with Crippen molar-refractivity contribution in [1.82, 2.24) is 4.98 Å². The molecule has 96 valence electrons. The SMILES string of the molecule is C#CCCCC(=O)c1ncc(N2CCOCC2)o1. The van der Waals surface area contributed by atoms with Crippen molar-refractivity contribution in [1.29, 1.82) is 0 Å². The summed E-state index contributed by atoms with van der Waals surface area (Å²) in [6, 6.07) is 0. The molecule has 0 aromatic carbocycles. The highest BCUT2D eigenvalue weighted by molar-refractivity contribution is 5.91. The highest BCUT2D eigenvalue weighted by Crippen LogP contribution is 2.18. The number of morpholine rings is 1. The van der Waals surface area contributed by atoms with Crippen molar-refractivity contribution < 1.29 is 13.9 Å². The number of ketones is 1. The maximum Gasteiger partial charge on any atom is 0.264 e. The molecule has 5 heteroatoms. The highest BCUT2D eigenvalue weighted by atomic mass is 16.5. The zero-order valence-corrected chi connectivity index (χ0v) is 10.2. The smallest absolute Gasteiger partial charge is 0.264 e. The fourth-order valence-corrected chi connectivity index (χ4v) is 1.78. The minimum Gasteiger partial charge on any atom is -0.417 e. The second-order valence-electron chi connectivity index (χ2n) is 4.08. The van der Waals surface area contributed by atoms with E-state index in [1.54, 1.807) is 6.20 Å². The van der Waals surface area contributed by atoms with Gasteiger partial charge in [0.25, 0.3) is 5.89 Å². The number of terminal acetylenes is 1. The van der Waals surface area contributed by atoms with Crippen LogP contribution in [0.25, 0.3) is 0 Å². The molecule has 1 aromatic heterocycles. The standard InChI is InChI=1S/C13H16N2O3/c1-2-3-4-5-11(16)13-14-10-12(18-13)15-6-8-17-9-7-15/h1,10H,3-9H2. The van der Waals surface area contributed by atoms with E-state index >= 15 is 0 Å². The normalized spacial score (nSPS) is 15.4. The van der Waals surface area contributed by atoms with E-state index < -0.39 is 0 Å². The molecule has 1 fully saturated rings. The van der Waals surface area contributed by atoms with Crippen molar-refractivity contribution in [3.63, 3.8) is 0 Å². The molecule has 2 rings (SSSR count). The Morgan fingerprint density at radius 3 is 3.00 bits per heavy atom. The molecule has 0 N–H and O–H groups in total. The van der Waals surface area contributed by atoms with Gasteiger partial charge in [0, 0.05) is 25.9 Å². The molecular weight excluding hydrogens is 232 g/mol. The number of Topliss-reactive ketones (excluding diaryl/α,β-unsaturated/α-hetero) is 1. The fraction of sp³-hybridized carbons (Fsp3) is 0.538. The van der Waals surface area contributed by atoms with Crippen LogP contribution in [0.5, 0.6) is 0 Å². The zero-order valence-electron chi connectivity index (χ0n) is 10.2. The highest BCUT2D eigenvalue weighted by Gasteiger charge is 2.18. The van der Waals surface area contributed by atoms with Crippen LogP contribution in [0.1, 0.15) is 29.9 Å². The number of ether oxygens (including phenoxy) is 1. The number of hydrogen-bond acceptors (Lipinski definition) is 5. The van der Waals surface area contributed by atoms with Crippen LogP contribution < -0.4 is 4.90 Å². The minimum atomic E-state index is -0.0928. The summed E-state index contributed by atoms with van der Waals surface area (Å²) in [5, 5.41) is 0. The monoisotopic (exact) mass is 248 g/mol. The largest absolute Gasteiger partial charge is 0.417 e. The van der Waals surface area contributed by atoms with Gasteiger partial charge in [-0.3, -0.25) is 4.79 Å². The average molecular weight is 248 g/mol. The summed E-state index contributed by atoms with van der Waals surface area (Å²) in [5.74, 6) is 3.23. The molecule has 0 unspecified atom stereocenters. The lowest BCUT2D eigenvalue weighted by molar-refractivity contribution is 0.0945. The van der Waals surface area contributed by atoms with E-state index in [4.69, 9.17) is 15.6 Å². The van der Waals surface area contributed by atoms with Gasteiger partial charge in [-0.25, -0.2) is 4.98 Å². The van der Waals surface area contributed by atoms with Crippen LogP contribution in [0.4, 0.5) is 5.88 Å². The number of nitrogens with zero attached hydrogens (tertiary/aromatic N) is 2. The van der Waals surface area contributed by atoms with E-state index in [-0.39, 0.29) is 11.7 Å². The van der Waals surface area contributed by atoms with Crippen LogP contribution in [-0.2, 0) is 4.74 Å². The maximum absolute atomic E-state index is 11.7. The van der Waals surface area contributed by atoms with Crippen LogP contribution in [0.3, 0.4) is 0 Å². The van der Waals surface area contributed by atoms with Crippen molar-refractivity contribution in [2.24, 2.45) is 0 Å². The number of unbranched alkanes of at least 4 members (excludes halogenated alkanes) is 1. The Labute approximate surface area is 106 Å². The Bertz CT molecular complexity index is 441. The molecule has 1 aliphatic heterocycles. The predicted molar refractivity (Wildman–Crippen MR) is 66.5 cm³/mol. The van der Waals surface area contributed by atoms with Crippen LogP contribution >= 0.6 is 0 Å². The number of carbonyl (C=O) groups is 1. The number of rotatable bonds is 5. The van der Waals surface area contributed by atoms with Gasteiger partial charge in [0.2, 0.25) is 11.7 Å². The molecule has 0 aliphatic carbocycles. The summed E-state index contributed by atoms with van der Waals surface area (Å²) < 4.78 is 10.7. The molecule has 1 aliphatic rings. The first kappa shape index (κ1) is 12.7. The number of carbonyl (C=O) groups excluding carboxylic acids is 1. The topological polar surface area (TPSA) is 55.6 Å². The molecular formula is C13H16N2O3. The Hall–Kier alpha value is -1.80. The summed E-state index contributed by atoms with van der Waals surface area (Å²) in [6.07, 6.45) is 8.39. The average Bonchev–Trinajstić information content (AvgIpc) is 2.89. The van der Waals surface area contributed by atoms with Crippen molar-refractivity contribution in [2.45, 2.75) is 19.3 Å². The van der Waals surface area contributed by atoms with Crippen LogP contribution in [0.2, 0.25) is 0 Å². The molecule has 1 aromatic rings. The summed E-state index contributed by atoms with van der Waals surface area (Å²) in [6.45, 7) is 2.87. The van der Waals surface area contributed by atoms with Gasteiger partial charge in [-0.05, 0) is 6.42 Å². The minimum absolute atomic E-state index is 0.0928. The molecule has 0 amide bonds. The lowest BCUT2D eigenvalue weighted by Gasteiger charge is -2.25. The van der Waals surface area contributed by atoms with Gasteiger partial charge in [0.15, 0.2) is 0 Å². The van der Waals surface area contributed by atoms with Crippen molar-refractivity contribution in [3.05, 3.63) is 12.1 Å². The van der Waals surface area contributed by atoms with E-state index in [2.05, 4.69) is 10.9 Å². The van der Waals surface area contributed by atoms with E-state index in [0.29, 0.717) is 38.4 Å². The van der Waals surface area contributed by atoms with Crippen molar-refractivity contribution in [2.75, 3.05) is 31.2 Å². The first-order valence-electron chi connectivity index (χ1n) is 6.06. The number of oxazole rings is 1. The molecule has 5 nitrogen and oxygen atoms in total. The van der Waals surface area contributed by atoms with Gasteiger partial charge in [0.1, 0.15) is 0 Å². The Morgan fingerprint density at radius 1 is 1.50 bits per heavy atom. The third kappa shape index (κ3) is 3.11. The maximum atomic E-state index is 11.7. The zero-order chi connectivity index (χ0) is 12.8. The first-order valence-corrected chi connectivity index (χ1v) is 6.06. The molecule has 1 saturated heterocycles. The molecule has 0 saturated carbocycles. The van der Waals surface area contributed by atoms with Gasteiger partial charge in [-0.15, -0.1) is 12.3 Å². The van der Waals surface area contributed by atoms with Gasteiger partial charge in [-0.1, -0.05) is 0 Å². The molecule has 0 radical (unpaired) electrons. The quantitative estimate of drug-likeness (QED) is 0.449. The molecule has 2 heterocycles. The van der Waals surface area contributed by atoms with E-state index in [1.807, 2.05) is 4.90 Å². The number of aromatic nitrogens is 1. The fourth-order valence-electron chi connectivity index (χ4n) is 1.78. The molecule has 0 atom stereocenters. The van der Waals surface area contributed by atoms with Gasteiger partial charge in [0.05, 0.1) is 19.4 Å². The second-order valence-corrected chi connectivity index (χ2v) is 4.08. The summed E-state index contributed by atoms with van der Waals surface area (Å²) in [5.41, 5.74) is 0. The Kier molecular flexibility index (Phi) is 4.37. The number of anilines is 1. The van der Waals surface area contributed by atoms with Gasteiger partial charge < -0.3 is 14.1 Å². The van der Waals surface area contributed by atoms with E-state index in [1.165, 1.54) is 0 Å². The lowest BCUT2D eigenvalue weighted by atomic mass is 10.2. The van der Waals surface area contributed by atoms with E-state index in [0.717, 1.165) is 13.1 Å². The number of hydrogen-bond donors (Lipinski definition) is 0. The summed E-state index contributed by atoms with van der Waals surface area (Å²) in [7, 11) is 0. The van der Waals surface area contributed by atoms with Crippen molar-refractivity contribution >= 4 is 11.7 Å².